The molecule has 0 radical (unpaired) electrons. The van der Waals surface area contributed by atoms with Gasteiger partial charge in [-0.2, -0.15) is 0 Å². The van der Waals surface area contributed by atoms with Gasteiger partial charge >= 0.3 is 0 Å². The molecule has 0 fully saturated rings. The maximum absolute atomic E-state index is 5.50. The summed E-state index contributed by atoms with van der Waals surface area (Å²) in [6.07, 6.45) is 1.02. The maximum Gasteiger partial charge on any atom is 0.195 e. The van der Waals surface area contributed by atoms with Crippen molar-refractivity contribution in [2.24, 2.45) is 4.99 Å². The van der Waals surface area contributed by atoms with Crippen LogP contribution in [-0.2, 0) is 0 Å². The molecular formula is C15H25N3O2. The predicted molar refractivity (Wildman–Crippen MR) is 84.1 cm³/mol. The minimum Gasteiger partial charge on any atom is -0.493 e. The Labute approximate surface area is 121 Å². The molecule has 0 heterocycles. The second kappa shape index (κ2) is 9.07. The van der Waals surface area contributed by atoms with Crippen LogP contribution in [0.1, 0.15) is 27.2 Å². The number of hydrogen-bond acceptors (Lipinski definition) is 3. The van der Waals surface area contributed by atoms with Crippen molar-refractivity contribution in [1.29, 1.82) is 0 Å². The van der Waals surface area contributed by atoms with E-state index in [1.54, 1.807) is 7.11 Å². The number of benzene rings is 1. The van der Waals surface area contributed by atoms with Crippen molar-refractivity contribution in [2.75, 3.05) is 32.1 Å². The van der Waals surface area contributed by atoms with Crippen LogP contribution in [-0.4, -0.2) is 32.8 Å². The number of anilines is 1. The number of guanidine groups is 1. The van der Waals surface area contributed by atoms with E-state index >= 15 is 0 Å². The molecule has 0 saturated carbocycles. The molecule has 5 heteroatoms. The summed E-state index contributed by atoms with van der Waals surface area (Å²) in [5, 5.41) is 6.47. The van der Waals surface area contributed by atoms with Crippen LogP contribution in [0.2, 0.25) is 0 Å². The lowest BCUT2D eigenvalue weighted by atomic mass is 10.2. The van der Waals surface area contributed by atoms with Gasteiger partial charge in [-0.3, -0.25) is 4.99 Å². The smallest absolute Gasteiger partial charge is 0.195 e. The fourth-order valence-electron chi connectivity index (χ4n) is 1.69. The lowest BCUT2D eigenvalue weighted by Crippen LogP contribution is -2.30. The van der Waals surface area contributed by atoms with Gasteiger partial charge in [0.15, 0.2) is 17.5 Å². The average molecular weight is 279 g/mol. The van der Waals surface area contributed by atoms with Gasteiger partial charge in [-0.05, 0) is 32.4 Å². The molecule has 0 saturated heterocycles. The Balaban J connectivity index is 2.84. The monoisotopic (exact) mass is 279 g/mol. The number of hydrogen-bond donors (Lipinski definition) is 2. The molecular weight excluding hydrogens is 254 g/mol. The Bertz CT molecular complexity index is 433. The molecule has 112 valence electrons. The zero-order valence-corrected chi connectivity index (χ0v) is 12.8. The second-order valence-corrected chi connectivity index (χ2v) is 4.18. The highest BCUT2D eigenvalue weighted by Gasteiger charge is 2.06. The van der Waals surface area contributed by atoms with Crippen molar-refractivity contribution in [3.63, 3.8) is 0 Å². The highest BCUT2D eigenvalue weighted by atomic mass is 16.5. The molecule has 1 aromatic carbocycles. The Hall–Kier alpha value is -1.91. The molecule has 1 rings (SSSR count). The van der Waals surface area contributed by atoms with Crippen molar-refractivity contribution >= 4 is 11.6 Å². The SMILES string of the molecule is CCCN=C(NCC)Nc1ccc(OCC)c(OC)c1. The molecule has 0 aliphatic heterocycles. The van der Waals surface area contributed by atoms with Crippen molar-refractivity contribution in [2.45, 2.75) is 27.2 Å². The van der Waals surface area contributed by atoms with Crippen LogP contribution in [0.4, 0.5) is 5.69 Å². The average Bonchev–Trinajstić information content (AvgIpc) is 2.46. The highest BCUT2D eigenvalue weighted by Crippen LogP contribution is 2.30. The van der Waals surface area contributed by atoms with E-state index < -0.39 is 0 Å². The molecule has 2 N–H and O–H groups in total. The zero-order valence-electron chi connectivity index (χ0n) is 12.8. The number of nitrogens with one attached hydrogen (secondary N) is 2. The molecule has 0 atom stereocenters. The Kier molecular flexibility index (Phi) is 7.32. The van der Waals surface area contributed by atoms with E-state index in [1.165, 1.54) is 0 Å². The summed E-state index contributed by atoms with van der Waals surface area (Å²) in [6, 6.07) is 5.75. The van der Waals surface area contributed by atoms with E-state index in [1.807, 2.05) is 32.0 Å². The summed E-state index contributed by atoms with van der Waals surface area (Å²) < 4.78 is 10.8. The van der Waals surface area contributed by atoms with Crippen LogP contribution in [0.3, 0.4) is 0 Å². The minimum atomic E-state index is 0.615. The molecule has 0 bridgehead atoms. The van der Waals surface area contributed by atoms with Crippen molar-refractivity contribution < 1.29 is 9.47 Å². The van der Waals surface area contributed by atoms with Crippen molar-refractivity contribution in [3.05, 3.63) is 18.2 Å². The molecule has 20 heavy (non-hydrogen) atoms. The molecule has 5 nitrogen and oxygen atoms in total. The molecule has 0 aromatic heterocycles. The van der Waals surface area contributed by atoms with Gasteiger partial charge in [0.2, 0.25) is 0 Å². The third kappa shape index (κ3) is 4.99. The standard InChI is InChI=1S/C15H25N3O2/c1-5-10-17-15(16-6-2)18-12-8-9-13(20-7-3)14(11-12)19-4/h8-9,11H,5-7,10H2,1-4H3,(H2,16,17,18). The van der Waals surface area contributed by atoms with E-state index in [0.29, 0.717) is 12.4 Å². The first kappa shape index (κ1) is 16.1. The van der Waals surface area contributed by atoms with E-state index in [0.717, 1.165) is 36.9 Å². The molecule has 0 aliphatic carbocycles. The Morgan fingerprint density at radius 2 is 2.00 bits per heavy atom. The van der Waals surface area contributed by atoms with Crippen molar-refractivity contribution in [1.82, 2.24) is 5.32 Å². The topological polar surface area (TPSA) is 54.9 Å². The second-order valence-electron chi connectivity index (χ2n) is 4.18. The van der Waals surface area contributed by atoms with E-state index in [-0.39, 0.29) is 0 Å². The summed E-state index contributed by atoms with van der Waals surface area (Å²) in [5.41, 5.74) is 0.918. The van der Waals surface area contributed by atoms with Crippen LogP contribution >= 0.6 is 0 Å². The Morgan fingerprint density at radius 1 is 1.20 bits per heavy atom. The molecule has 0 aliphatic rings. The van der Waals surface area contributed by atoms with Gasteiger partial charge in [0.1, 0.15) is 0 Å². The fraction of sp³-hybridized carbons (Fsp3) is 0.533. The number of rotatable bonds is 7. The van der Waals surface area contributed by atoms with Gasteiger partial charge in [-0.15, -0.1) is 0 Å². The number of ether oxygens (including phenoxy) is 2. The van der Waals surface area contributed by atoms with E-state index in [4.69, 9.17) is 9.47 Å². The number of methoxy groups -OCH3 is 1. The van der Waals surface area contributed by atoms with Crippen LogP contribution in [0.25, 0.3) is 0 Å². The van der Waals surface area contributed by atoms with Gasteiger partial charge in [-0.25, -0.2) is 0 Å². The predicted octanol–water partition coefficient (Wildman–Crippen LogP) is 2.88. The number of nitrogens with zero attached hydrogens (tertiary/aromatic N) is 1. The van der Waals surface area contributed by atoms with Crippen LogP contribution in [0, 0.1) is 0 Å². The largest absolute Gasteiger partial charge is 0.493 e. The fourth-order valence-corrected chi connectivity index (χ4v) is 1.69. The quantitative estimate of drug-likeness (QED) is 0.595. The van der Waals surface area contributed by atoms with Gasteiger partial charge < -0.3 is 20.1 Å². The van der Waals surface area contributed by atoms with E-state index in [9.17, 15) is 0 Å². The minimum absolute atomic E-state index is 0.615. The summed E-state index contributed by atoms with van der Waals surface area (Å²) in [4.78, 5) is 4.46. The van der Waals surface area contributed by atoms with Gasteiger partial charge in [0, 0.05) is 24.8 Å². The molecule has 1 aromatic rings. The Morgan fingerprint density at radius 3 is 2.60 bits per heavy atom. The highest BCUT2D eigenvalue weighted by molar-refractivity contribution is 5.93. The first-order valence-electron chi connectivity index (χ1n) is 7.11. The third-order valence-corrected chi connectivity index (χ3v) is 2.56. The first-order chi connectivity index (χ1) is 9.74. The van der Waals surface area contributed by atoms with Crippen LogP contribution in [0.5, 0.6) is 11.5 Å². The first-order valence-corrected chi connectivity index (χ1v) is 7.11. The van der Waals surface area contributed by atoms with Crippen LogP contribution in [0.15, 0.2) is 23.2 Å². The normalized spacial score (nSPS) is 11.1. The van der Waals surface area contributed by atoms with Gasteiger partial charge in [-0.1, -0.05) is 6.92 Å². The summed E-state index contributed by atoms with van der Waals surface area (Å²) in [6.45, 7) is 8.33. The lowest BCUT2D eigenvalue weighted by molar-refractivity contribution is 0.311. The molecule has 0 unspecified atom stereocenters. The third-order valence-electron chi connectivity index (χ3n) is 2.56. The number of aliphatic imine (C=N–C) groups is 1. The maximum atomic E-state index is 5.50. The van der Waals surface area contributed by atoms with Crippen molar-refractivity contribution in [3.8, 4) is 11.5 Å². The molecule has 0 amide bonds. The van der Waals surface area contributed by atoms with Gasteiger partial charge in [0.05, 0.1) is 13.7 Å². The zero-order chi connectivity index (χ0) is 14.8. The molecule has 0 spiro atoms. The lowest BCUT2D eigenvalue weighted by Gasteiger charge is -2.14. The summed E-state index contributed by atoms with van der Waals surface area (Å²) in [7, 11) is 1.64. The van der Waals surface area contributed by atoms with Gasteiger partial charge in [0.25, 0.3) is 0 Å². The summed E-state index contributed by atoms with van der Waals surface area (Å²) in [5.74, 6) is 2.24. The van der Waals surface area contributed by atoms with E-state index in [2.05, 4.69) is 22.5 Å². The summed E-state index contributed by atoms with van der Waals surface area (Å²) >= 11 is 0. The van der Waals surface area contributed by atoms with Crippen LogP contribution < -0.4 is 20.1 Å².